The SMILES string of the molecule is CCCNCCCCCN(Cc1ccsc1)C1CC1. The largest absolute Gasteiger partial charge is 0.317 e. The molecule has 0 bridgehead atoms. The average molecular weight is 280 g/mol. The standard InChI is InChI=1S/C16H28N2S/c1-2-9-17-10-4-3-5-11-18(16-6-7-16)13-15-8-12-19-14-15/h8,12,14,16-17H,2-7,9-11,13H2,1H3. The van der Waals surface area contributed by atoms with Crippen LogP contribution in [0.4, 0.5) is 0 Å². The Hall–Kier alpha value is -0.380. The number of hydrogen-bond donors (Lipinski definition) is 1. The first kappa shape index (κ1) is 15.0. The van der Waals surface area contributed by atoms with Gasteiger partial charge in [-0.05, 0) is 74.1 Å². The summed E-state index contributed by atoms with van der Waals surface area (Å²) in [4.78, 5) is 2.70. The Bertz CT molecular complexity index is 319. The van der Waals surface area contributed by atoms with E-state index in [1.165, 1.54) is 70.3 Å². The van der Waals surface area contributed by atoms with Crippen molar-refractivity contribution in [1.29, 1.82) is 0 Å². The first-order chi connectivity index (χ1) is 9.40. The van der Waals surface area contributed by atoms with Crippen molar-refractivity contribution >= 4 is 11.3 Å². The molecule has 1 aromatic heterocycles. The van der Waals surface area contributed by atoms with Gasteiger partial charge in [-0.15, -0.1) is 0 Å². The van der Waals surface area contributed by atoms with Crippen molar-refractivity contribution in [2.45, 2.75) is 58.0 Å². The van der Waals surface area contributed by atoms with E-state index >= 15 is 0 Å². The van der Waals surface area contributed by atoms with Crippen LogP contribution in [0.3, 0.4) is 0 Å². The second kappa shape index (κ2) is 8.72. The minimum absolute atomic E-state index is 0.887. The molecule has 0 aliphatic heterocycles. The summed E-state index contributed by atoms with van der Waals surface area (Å²) in [7, 11) is 0. The lowest BCUT2D eigenvalue weighted by Gasteiger charge is -2.21. The van der Waals surface area contributed by atoms with Crippen LogP contribution in [-0.2, 0) is 6.54 Å². The highest BCUT2D eigenvalue weighted by Gasteiger charge is 2.28. The van der Waals surface area contributed by atoms with Crippen LogP contribution < -0.4 is 5.32 Å². The molecule has 1 saturated carbocycles. The van der Waals surface area contributed by atoms with Crippen LogP contribution in [0, 0.1) is 0 Å². The van der Waals surface area contributed by atoms with E-state index in [1.807, 2.05) is 11.3 Å². The molecular formula is C16H28N2S. The molecule has 1 aromatic rings. The van der Waals surface area contributed by atoms with Crippen molar-refractivity contribution < 1.29 is 0 Å². The van der Waals surface area contributed by atoms with Gasteiger partial charge in [-0.3, -0.25) is 4.90 Å². The lowest BCUT2D eigenvalue weighted by molar-refractivity contribution is 0.249. The molecule has 0 unspecified atom stereocenters. The van der Waals surface area contributed by atoms with E-state index < -0.39 is 0 Å². The molecule has 3 heteroatoms. The van der Waals surface area contributed by atoms with Crippen molar-refractivity contribution in [2.75, 3.05) is 19.6 Å². The molecule has 0 spiro atoms. The molecule has 2 rings (SSSR count). The predicted molar refractivity (Wildman–Crippen MR) is 84.8 cm³/mol. The molecule has 1 heterocycles. The third-order valence-corrected chi connectivity index (χ3v) is 4.49. The zero-order valence-corrected chi connectivity index (χ0v) is 13.1. The summed E-state index contributed by atoms with van der Waals surface area (Å²) in [6.07, 6.45) is 8.13. The van der Waals surface area contributed by atoms with Gasteiger partial charge in [0.05, 0.1) is 0 Å². The Kier molecular flexibility index (Phi) is 6.90. The second-order valence-electron chi connectivity index (χ2n) is 5.64. The Morgan fingerprint density at radius 1 is 1.26 bits per heavy atom. The number of unbranched alkanes of at least 4 members (excludes halogenated alkanes) is 2. The van der Waals surface area contributed by atoms with Crippen LogP contribution in [0.5, 0.6) is 0 Å². The Balaban J connectivity index is 1.56. The summed E-state index contributed by atoms with van der Waals surface area (Å²) in [5, 5.41) is 7.97. The lowest BCUT2D eigenvalue weighted by atomic mass is 10.2. The Morgan fingerprint density at radius 3 is 2.84 bits per heavy atom. The fourth-order valence-electron chi connectivity index (χ4n) is 2.49. The van der Waals surface area contributed by atoms with E-state index in [0.717, 1.165) is 6.04 Å². The van der Waals surface area contributed by atoms with Gasteiger partial charge in [0, 0.05) is 12.6 Å². The molecule has 0 aromatic carbocycles. The van der Waals surface area contributed by atoms with E-state index in [-0.39, 0.29) is 0 Å². The van der Waals surface area contributed by atoms with Crippen molar-refractivity contribution in [1.82, 2.24) is 10.2 Å². The van der Waals surface area contributed by atoms with Crippen LogP contribution in [0.25, 0.3) is 0 Å². The predicted octanol–water partition coefficient (Wildman–Crippen LogP) is 3.88. The number of thiophene rings is 1. The molecule has 1 N–H and O–H groups in total. The number of nitrogens with zero attached hydrogens (tertiary/aromatic N) is 1. The van der Waals surface area contributed by atoms with Gasteiger partial charge in [-0.25, -0.2) is 0 Å². The molecule has 0 atom stereocenters. The van der Waals surface area contributed by atoms with Gasteiger partial charge in [0.25, 0.3) is 0 Å². The van der Waals surface area contributed by atoms with Gasteiger partial charge < -0.3 is 5.32 Å². The molecule has 0 amide bonds. The summed E-state index contributed by atoms with van der Waals surface area (Å²) >= 11 is 1.82. The number of rotatable bonds is 11. The van der Waals surface area contributed by atoms with Crippen LogP contribution in [0.2, 0.25) is 0 Å². The maximum atomic E-state index is 3.48. The minimum atomic E-state index is 0.887. The molecule has 0 saturated heterocycles. The normalized spacial score (nSPS) is 15.3. The van der Waals surface area contributed by atoms with E-state index in [0.29, 0.717) is 0 Å². The van der Waals surface area contributed by atoms with Crippen molar-refractivity contribution in [3.05, 3.63) is 22.4 Å². The zero-order chi connectivity index (χ0) is 13.3. The van der Waals surface area contributed by atoms with Crippen molar-refractivity contribution in [2.24, 2.45) is 0 Å². The van der Waals surface area contributed by atoms with E-state index in [9.17, 15) is 0 Å². The second-order valence-corrected chi connectivity index (χ2v) is 6.42. The van der Waals surface area contributed by atoms with Crippen LogP contribution in [0.15, 0.2) is 16.8 Å². The molecule has 1 aliphatic rings. The number of hydrogen-bond acceptors (Lipinski definition) is 3. The number of nitrogens with one attached hydrogen (secondary N) is 1. The first-order valence-corrected chi connectivity index (χ1v) is 8.80. The molecule has 19 heavy (non-hydrogen) atoms. The quantitative estimate of drug-likeness (QED) is 0.619. The summed E-state index contributed by atoms with van der Waals surface area (Å²) in [5.41, 5.74) is 1.50. The van der Waals surface area contributed by atoms with E-state index in [1.54, 1.807) is 0 Å². The van der Waals surface area contributed by atoms with Gasteiger partial charge in [0.2, 0.25) is 0 Å². The topological polar surface area (TPSA) is 15.3 Å². The summed E-state index contributed by atoms with van der Waals surface area (Å²) in [6, 6.07) is 3.16. The molecule has 1 aliphatic carbocycles. The van der Waals surface area contributed by atoms with Gasteiger partial charge in [0.15, 0.2) is 0 Å². The maximum Gasteiger partial charge on any atom is 0.0244 e. The fraction of sp³-hybridized carbons (Fsp3) is 0.750. The van der Waals surface area contributed by atoms with E-state index in [4.69, 9.17) is 0 Å². The van der Waals surface area contributed by atoms with Crippen molar-refractivity contribution in [3.63, 3.8) is 0 Å². The van der Waals surface area contributed by atoms with Gasteiger partial charge >= 0.3 is 0 Å². The van der Waals surface area contributed by atoms with Gasteiger partial charge in [-0.1, -0.05) is 13.3 Å². The highest BCUT2D eigenvalue weighted by atomic mass is 32.1. The van der Waals surface area contributed by atoms with Crippen molar-refractivity contribution in [3.8, 4) is 0 Å². The van der Waals surface area contributed by atoms with Gasteiger partial charge in [0.1, 0.15) is 0 Å². The molecule has 0 radical (unpaired) electrons. The molecule has 2 nitrogen and oxygen atoms in total. The lowest BCUT2D eigenvalue weighted by Crippen LogP contribution is -2.26. The highest BCUT2D eigenvalue weighted by molar-refractivity contribution is 7.07. The summed E-state index contributed by atoms with van der Waals surface area (Å²) in [5.74, 6) is 0. The Morgan fingerprint density at radius 2 is 2.16 bits per heavy atom. The van der Waals surface area contributed by atoms with E-state index in [2.05, 4.69) is 34.0 Å². The van der Waals surface area contributed by atoms with Crippen LogP contribution >= 0.6 is 11.3 Å². The minimum Gasteiger partial charge on any atom is -0.317 e. The third-order valence-electron chi connectivity index (χ3n) is 3.75. The summed E-state index contributed by atoms with van der Waals surface area (Å²) < 4.78 is 0. The third kappa shape index (κ3) is 6.07. The van der Waals surface area contributed by atoms with Crippen LogP contribution in [0.1, 0.15) is 51.0 Å². The monoisotopic (exact) mass is 280 g/mol. The average Bonchev–Trinajstić information content (AvgIpc) is 3.14. The Labute approximate surface area is 122 Å². The smallest absolute Gasteiger partial charge is 0.0244 e. The molecule has 1 fully saturated rings. The molecule has 108 valence electrons. The first-order valence-electron chi connectivity index (χ1n) is 7.86. The molecular weight excluding hydrogens is 252 g/mol. The fourth-order valence-corrected chi connectivity index (χ4v) is 3.15. The maximum absolute atomic E-state index is 3.48. The van der Waals surface area contributed by atoms with Crippen LogP contribution in [-0.4, -0.2) is 30.6 Å². The highest BCUT2D eigenvalue weighted by Crippen LogP contribution is 2.29. The summed E-state index contributed by atoms with van der Waals surface area (Å²) in [6.45, 7) is 7.05. The van der Waals surface area contributed by atoms with Gasteiger partial charge in [-0.2, -0.15) is 11.3 Å². The zero-order valence-electron chi connectivity index (χ0n) is 12.2.